The number of amides is 1. The van der Waals surface area contributed by atoms with E-state index in [1.807, 2.05) is 0 Å². The topological polar surface area (TPSA) is 95.9 Å². The lowest BCUT2D eigenvalue weighted by molar-refractivity contribution is -0.143. The molecule has 0 aromatic rings. The van der Waals surface area contributed by atoms with Gasteiger partial charge in [-0.25, -0.2) is 0 Å². The predicted molar refractivity (Wildman–Crippen MR) is 361 cm³/mol. The molecule has 0 aromatic carbocycles. The molecule has 6 nitrogen and oxygen atoms in total. The Kier molecular flexibility index (Phi) is 69.4. The summed E-state index contributed by atoms with van der Waals surface area (Å²) in [6.07, 6.45) is 93.2. The standard InChI is InChI=1S/C76H143NO5/c1-3-5-7-9-11-13-15-17-19-20-38-41-44-48-52-56-60-64-68-74(79)73(72-78)77-75(80)69-65-61-57-53-49-45-42-39-36-34-32-30-28-26-24-22-21-23-25-27-29-31-33-35-37-40-43-47-51-55-59-63-67-71-82-76(81)70-66-62-58-54-50-46-18-16-14-12-10-8-6-4-2/h10,12,16,18,25,27,31,33,73-74,78-79H,3-9,11,13-15,17,19-24,26,28-30,32,34-72H2,1-2H3,(H,77,80)/b12-10-,18-16-,27-25-,33-31-. The van der Waals surface area contributed by atoms with Crippen LogP contribution in [0.25, 0.3) is 0 Å². The van der Waals surface area contributed by atoms with Crippen molar-refractivity contribution in [3.8, 4) is 0 Å². The average Bonchev–Trinajstić information content (AvgIpc) is 3.48. The van der Waals surface area contributed by atoms with Gasteiger partial charge in [-0.2, -0.15) is 0 Å². The lowest BCUT2D eigenvalue weighted by Crippen LogP contribution is -2.45. The third kappa shape index (κ3) is 67.0. The average molecular weight is 1150 g/mol. The highest BCUT2D eigenvalue weighted by Crippen LogP contribution is 2.19. The summed E-state index contributed by atoms with van der Waals surface area (Å²) in [5.74, 6) is -0.0300. The van der Waals surface area contributed by atoms with Gasteiger partial charge < -0.3 is 20.3 Å². The summed E-state index contributed by atoms with van der Waals surface area (Å²) in [4.78, 5) is 24.6. The van der Waals surface area contributed by atoms with Gasteiger partial charge in [0, 0.05) is 12.8 Å². The first-order valence-corrected chi connectivity index (χ1v) is 36.9. The zero-order valence-electron chi connectivity index (χ0n) is 55.2. The minimum absolute atomic E-state index is 0.000324. The van der Waals surface area contributed by atoms with Gasteiger partial charge in [0.1, 0.15) is 0 Å². The van der Waals surface area contributed by atoms with E-state index in [-0.39, 0.29) is 18.5 Å². The van der Waals surface area contributed by atoms with Gasteiger partial charge in [0.05, 0.1) is 25.4 Å². The van der Waals surface area contributed by atoms with Crippen molar-refractivity contribution in [1.82, 2.24) is 5.32 Å². The molecule has 2 atom stereocenters. The van der Waals surface area contributed by atoms with Crippen LogP contribution in [0.1, 0.15) is 399 Å². The molecule has 0 saturated heterocycles. The van der Waals surface area contributed by atoms with Crippen molar-refractivity contribution in [2.75, 3.05) is 13.2 Å². The summed E-state index contributed by atoms with van der Waals surface area (Å²) >= 11 is 0. The third-order valence-corrected chi connectivity index (χ3v) is 17.1. The SMILES string of the molecule is CCCC/C=C\C/C=C\CCCCCCCC(=O)OCCCCCCCCCCC/C=C\C/C=C\CCCCCCCCCCCCCCCCCCCC(=O)NC(CO)C(O)CCCCCCCCCCCCCCCCCCCC. The number of aliphatic hydroxyl groups excluding tert-OH is 2. The minimum atomic E-state index is -0.664. The third-order valence-electron chi connectivity index (χ3n) is 17.1. The molecule has 0 aromatic heterocycles. The van der Waals surface area contributed by atoms with Crippen LogP contribution < -0.4 is 5.32 Å². The first-order chi connectivity index (χ1) is 40.5. The second kappa shape index (κ2) is 71.3. The van der Waals surface area contributed by atoms with Crippen molar-refractivity contribution in [2.24, 2.45) is 0 Å². The van der Waals surface area contributed by atoms with Crippen LogP contribution in [-0.4, -0.2) is 47.4 Å². The van der Waals surface area contributed by atoms with E-state index in [0.29, 0.717) is 25.9 Å². The highest BCUT2D eigenvalue weighted by atomic mass is 16.5. The fraction of sp³-hybridized carbons (Fsp3) is 0.868. The van der Waals surface area contributed by atoms with Crippen molar-refractivity contribution in [3.05, 3.63) is 48.6 Å². The molecule has 2 unspecified atom stereocenters. The van der Waals surface area contributed by atoms with Gasteiger partial charge in [0.2, 0.25) is 5.91 Å². The zero-order valence-corrected chi connectivity index (χ0v) is 55.2. The van der Waals surface area contributed by atoms with Gasteiger partial charge in [0.15, 0.2) is 0 Å². The normalized spacial score (nSPS) is 12.8. The number of carbonyl (C=O) groups is 2. The fourth-order valence-electron chi connectivity index (χ4n) is 11.5. The quantitative estimate of drug-likeness (QED) is 0.0320. The van der Waals surface area contributed by atoms with Crippen LogP contribution in [0, 0.1) is 0 Å². The molecule has 0 heterocycles. The Morgan fingerprint density at radius 1 is 0.341 bits per heavy atom. The second-order valence-corrected chi connectivity index (χ2v) is 25.3. The van der Waals surface area contributed by atoms with E-state index in [9.17, 15) is 19.8 Å². The number of esters is 1. The molecule has 0 aliphatic heterocycles. The number of ether oxygens (including phenoxy) is 1. The van der Waals surface area contributed by atoms with E-state index in [1.165, 1.54) is 308 Å². The largest absolute Gasteiger partial charge is 0.466 e. The molecule has 0 rings (SSSR count). The Balaban J connectivity index is 3.39. The lowest BCUT2D eigenvalue weighted by atomic mass is 10.0. The number of hydrogen-bond acceptors (Lipinski definition) is 5. The van der Waals surface area contributed by atoms with Crippen LogP contribution in [0.4, 0.5) is 0 Å². The monoisotopic (exact) mass is 1150 g/mol. The Morgan fingerprint density at radius 2 is 0.622 bits per heavy atom. The van der Waals surface area contributed by atoms with Gasteiger partial charge in [-0.15, -0.1) is 0 Å². The van der Waals surface area contributed by atoms with E-state index in [2.05, 4.69) is 67.8 Å². The molecule has 0 fully saturated rings. The van der Waals surface area contributed by atoms with Crippen LogP contribution in [0.5, 0.6) is 0 Å². The lowest BCUT2D eigenvalue weighted by Gasteiger charge is -2.22. The summed E-state index contributed by atoms with van der Waals surface area (Å²) in [5.41, 5.74) is 0. The number of carbonyl (C=O) groups excluding carboxylic acids is 2. The van der Waals surface area contributed by atoms with Crippen molar-refractivity contribution >= 4 is 11.9 Å². The molecule has 0 aliphatic rings. The summed E-state index contributed by atoms with van der Waals surface area (Å²) in [6, 6.07) is -0.541. The molecule has 6 heteroatoms. The maximum Gasteiger partial charge on any atom is 0.305 e. The molecule has 0 saturated carbocycles. The Labute approximate surface area is 512 Å². The fourth-order valence-corrected chi connectivity index (χ4v) is 11.5. The summed E-state index contributed by atoms with van der Waals surface area (Å²) in [7, 11) is 0. The molecule has 3 N–H and O–H groups in total. The number of allylic oxidation sites excluding steroid dienone is 8. The van der Waals surface area contributed by atoms with Crippen LogP contribution in [0.3, 0.4) is 0 Å². The highest BCUT2D eigenvalue weighted by Gasteiger charge is 2.20. The van der Waals surface area contributed by atoms with E-state index in [0.717, 1.165) is 57.8 Å². The molecule has 0 aliphatic carbocycles. The summed E-state index contributed by atoms with van der Waals surface area (Å²) < 4.78 is 5.48. The molecular weight excluding hydrogens is 1010 g/mol. The zero-order chi connectivity index (χ0) is 59.2. The number of rotatable bonds is 69. The number of aliphatic hydroxyl groups is 2. The number of hydrogen-bond donors (Lipinski definition) is 3. The van der Waals surface area contributed by atoms with Gasteiger partial charge >= 0.3 is 5.97 Å². The van der Waals surface area contributed by atoms with Crippen LogP contribution in [-0.2, 0) is 14.3 Å². The molecule has 0 bridgehead atoms. The maximum absolute atomic E-state index is 12.5. The molecule has 1 amide bonds. The molecule has 82 heavy (non-hydrogen) atoms. The molecule has 0 spiro atoms. The maximum atomic E-state index is 12.5. The van der Waals surface area contributed by atoms with E-state index in [1.54, 1.807) is 0 Å². The second-order valence-electron chi connectivity index (χ2n) is 25.3. The summed E-state index contributed by atoms with van der Waals surface area (Å²) in [6.45, 7) is 4.93. The first-order valence-electron chi connectivity index (χ1n) is 36.9. The van der Waals surface area contributed by atoms with Crippen molar-refractivity contribution < 1.29 is 24.5 Å². The number of unbranched alkanes of at least 4 members (excludes halogenated alkanes) is 50. The van der Waals surface area contributed by atoms with E-state index in [4.69, 9.17) is 4.74 Å². The Hall–Kier alpha value is -2.18. The Morgan fingerprint density at radius 3 is 0.963 bits per heavy atom. The van der Waals surface area contributed by atoms with Crippen molar-refractivity contribution in [1.29, 1.82) is 0 Å². The smallest absolute Gasteiger partial charge is 0.305 e. The molecular formula is C76H143NO5. The van der Waals surface area contributed by atoms with Crippen molar-refractivity contribution in [2.45, 2.75) is 411 Å². The predicted octanol–water partition coefficient (Wildman–Crippen LogP) is 24.0. The van der Waals surface area contributed by atoms with E-state index >= 15 is 0 Å². The van der Waals surface area contributed by atoms with Crippen LogP contribution >= 0.6 is 0 Å². The van der Waals surface area contributed by atoms with Gasteiger partial charge in [0.25, 0.3) is 0 Å². The van der Waals surface area contributed by atoms with Crippen molar-refractivity contribution in [3.63, 3.8) is 0 Å². The Bertz CT molecular complexity index is 1370. The minimum Gasteiger partial charge on any atom is -0.466 e. The molecule has 482 valence electrons. The number of nitrogens with one attached hydrogen (secondary N) is 1. The van der Waals surface area contributed by atoms with Crippen LogP contribution in [0.15, 0.2) is 48.6 Å². The van der Waals surface area contributed by atoms with E-state index < -0.39 is 12.1 Å². The van der Waals surface area contributed by atoms with Gasteiger partial charge in [-0.3, -0.25) is 9.59 Å². The van der Waals surface area contributed by atoms with Gasteiger partial charge in [-0.1, -0.05) is 351 Å². The highest BCUT2D eigenvalue weighted by molar-refractivity contribution is 5.76. The van der Waals surface area contributed by atoms with Gasteiger partial charge in [-0.05, 0) is 83.5 Å². The summed E-state index contributed by atoms with van der Waals surface area (Å²) in [5, 5.41) is 23.4. The first kappa shape index (κ1) is 79.8. The molecule has 0 radical (unpaired) electrons. The van der Waals surface area contributed by atoms with Crippen LogP contribution in [0.2, 0.25) is 0 Å².